The summed E-state index contributed by atoms with van der Waals surface area (Å²) in [6, 6.07) is 0. The van der Waals surface area contributed by atoms with Gasteiger partial charge in [0.25, 0.3) is 0 Å². The summed E-state index contributed by atoms with van der Waals surface area (Å²) >= 11 is 0. The molecular formula is C12H20N2O2. The van der Waals surface area contributed by atoms with Crippen molar-refractivity contribution in [1.29, 1.82) is 0 Å². The molecule has 3 unspecified atom stereocenters. The van der Waals surface area contributed by atoms with Gasteiger partial charge in [0.05, 0.1) is 12.5 Å². The maximum absolute atomic E-state index is 9.23. The molecule has 0 aliphatic heterocycles. The summed E-state index contributed by atoms with van der Waals surface area (Å²) < 4.78 is 5.14. The Morgan fingerprint density at radius 1 is 1.50 bits per heavy atom. The zero-order chi connectivity index (χ0) is 11.5. The summed E-state index contributed by atoms with van der Waals surface area (Å²) in [6.45, 7) is 3.97. The minimum absolute atomic E-state index is 0.416. The molecule has 2 rings (SSSR count). The molecule has 1 fully saturated rings. The third-order valence-electron chi connectivity index (χ3n) is 3.44. The lowest BCUT2D eigenvalue weighted by Crippen LogP contribution is -2.04. The van der Waals surface area contributed by atoms with Gasteiger partial charge in [-0.25, -0.2) is 0 Å². The SMILES string of the molecule is CCC1CCC(c2noc(CC(C)O)n2)C1. The van der Waals surface area contributed by atoms with Crippen molar-refractivity contribution in [3.63, 3.8) is 0 Å². The maximum atomic E-state index is 9.23. The van der Waals surface area contributed by atoms with Gasteiger partial charge in [0, 0.05) is 5.92 Å². The molecule has 1 heterocycles. The van der Waals surface area contributed by atoms with Crippen molar-refractivity contribution in [2.45, 2.75) is 58.0 Å². The van der Waals surface area contributed by atoms with Crippen LogP contribution in [0.2, 0.25) is 0 Å². The van der Waals surface area contributed by atoms with E-state index in [0.717, 1.165) is 11.7 Å². The number of aliphatic hydroxyl groups excluding tert-OH is 1. The van der Waals surface area contributed by atoms with Gasteiger partial charge in [-0.2, -0.15) is 4.98 Å². The molecule has 4 heteroatoms. The monoisotopic (exact) mass is 224 g/mol. The molecule has 0 bridgehead atoms. The van der Waals surface area contributed by atoms with Crippen LogP contribution in [0.4, 0.5) is 0 Å². The summed E-state index contributed by atoms with van der Waals surface area (Å²) in [5.74, 6) is 2.69. The van der Waals surface area contributed by atoms with Crippen LogP contribution in [0.1, 0.15) is 57.2 Å². The van der Waals surface area contributed by atoms with Crippen molar-refractivity contribution in [2.24, 2.45) is 5.92 Å². The first-order valence-electron chi connectivity index (χ1n) is 6.19. The van der Waals surface area contributed by atoms with Gasteiger partial charge in [0.15, 0.2) is 5.82 Å². The van der Waals surface area contributed by atoms with Crippen molar-refractivity contribution in [3.8, 4) is 0 Å². The Bertz CT molecular complexity index is 336. The quantitative estimate of drug-likeness (QED) is 0.852. The lowest BCUT2D eigenvalue weighted by molar-refractivity contribution is 0.181. The van der Waals surface area contributed by atoms with Crippen molar-refractivity contribution in [3.05, 3.63) is 11.7 Å². The molecule has 1 N–H and O–H groups in total. The Hall–Kier alpha value is -0.900. The first-order chi connectivity index (χ1) is 7.69. The van der Waals surface area contributed by atoms with E-state index in [1.165, 1.54) is 25.7 Å². The van der Waals surface area contributed by atoms with E-state index >= 15 is 0 Å². The largest absolute Gasteiger partial charge is 0.393 e. The molecule has 0 spiro atoms. The van der Waals surface area contributed by atoms with Crippen molar-refractivity contribution in [2.75, 3.05) is 0 Å². The molecule has 0 amide bonds. The smallest absolute Gasteiger partial charge is 0.229 e. The second kappa shape index (κ2) is 4.95. The van der Waals surface area contributed by atoms with Crippen LogP contribution in [0, 0.1) is 5.92 Å². The van der Waals surface area contributed by atoms with Gasteiger partial charge in [-0.15, -0.1) is 0 Å². The zero-order valence-corrected chi connectivity index (χ0v) is 10.0. The third kappa shape index (κ3) is 2.61. The Labute approximate surface area is 96.1 Å². The molecule has 16 heavy (non-hydrogen) atoms. The number of aromatic nitrogens is 2. The molecule has 90 valence electrons. The predicted octanol–water partition coefficient (Wildman–Crippen LogP) is 2.29. The van der Waals surface area contributed by atoms with E-state index in [4.69, 9.17) is 4.52 Å². The van der Waals surface area contributed by atoms with Crippen molar-refractivity contribution >= 4 is 0 Å². The first kappa shape index (κ1) is 11.6. The Morgan fingerprint density at radius 2 is 2.31 bits per heavy atom. The van der Waals surface area contributed by atoms with Gasteiger partial charge in [-0.05, 0) is 32.1 Å². The highest BCUT2D eigenvalue weighted by Crippen LogP contribution is 2.38. The van der Waals surface area contributed by atoms with Crippen LogP contribution in [0.5, 0.6) is 0 Å². The summed E-state index contributed by atoms with van der Waals surface area (Å²) in [6.07, 6.45) is 4.92. The minimum atomic E-state index is -0.416. The summed E-state index contributed by atoms with van der Waals surface area (Å²) in [5.41, 5.74) is 0. The topological polar surface area (TPSA) is 59.2 Å². The van der Waals surface area contributed by atoms with Crippen LogP contribution in [0.25, 0.3) is 0 Å². The van der Waals surface area contributed by atoms with Crippen molar-refractivity contribution < 1.29 is 9.63 Å². The number of hydrogen-bond donors (Lipinski definition) is 1. The fourth-order valence-corrected chi connectivity index (χ4v) is 2.45. The van der Waals surface area contributed by atoms with Gasteiger partial charge in [0.1, 0.15) is 0 Å². The molecule has 1 aromatic rings. The van der Waals surface area contributed by atoms with Crippen LogP contribution in [-0.4, -0.2) is 21.4 Å². The molecule has 3 atom stereocenters. The van der Waals surface area contributed by atoms with Crippen LogP contribution in [0.3, 0.4) is 0 Å². The van der Waals surface area contributed by atoms with E-state index in [2.05, 4.69) is 17.1 Å². The molecule has 1 aromatic heterocycles. The van der Waals surface area contributed by atoms with Gasteiger partial charge in [-0.3, -0.25) is 0 Å². The molecule has 1 saturated carbocycles. The lowest BCUT2D eigenvalue weighted by atomic mass is 10.0. The number of rotatable bonds is 4. The highest BCUT2D eigenvalue weighted by Gasteiger charge is 2.28. The van der Waals surface area contributed by atoms with Crippen LogP contribution < -0.4 is 0 Å². The summed E-state index contributed by atoms with van der Waals surface area (Å²) in [5, 5.41) is 13.3. The fourth-order valence-electron chi connectivity index (χ4n) is 2.45. The van der Waals surface area contributed by atoms with Gasteiger partial charge in [0.2, 0.25) is 5.89 Å². The fraction of sp³-hybridized carbons (Fsp3) is 0.833. The van der Waals surface area contributed by atoms with E-state index in [-0.39, 0.29) is 0 Å². The van der Waals surface area contributed by atoms with E-state index < -0.39 is 6.10 Å². The van der Waals surface area contributed by atoms with Crippen LogP contribution >= 0.6 is 0 Å². The Balaban J connectivity index is 1.97. The number of nitrogens with zero attached hydrogens (tertiary/aromatic N) is 2. The van der Waals surface area contributed by atoms with E-state index in [1.54, 1.807) is 6.92 Å². The number of aliphatic hydroxyl groups is 1. The summed E-state index contributed by atoms with van der Waals surface area (Å²) in [7, 11) is 0. The van der Waals surface area contributed by atoms with Crippen LogP contribution in [-0.2, 0) is 6.42 Å². The zero-order valence-electron chi connectivity index (χ0n) is 10.0. The Morgan fingerprint density at radius 3 is 2.94 bits per heavy atom. The van der Waals surface area contributed by atoms with Gasteiger partial charge < -0.3 is 9.63 Å². The highest BCUT2D eigenvalue weighted by molar-refractivity contribution is 4.99. The van der Waals surface area contributed by atoms with Crippen molar-refractivity contribution in [1.82, 2.24) is 10.1 Å². The van der Waals surface area contributed by atoms with Gasteiger partial charge >= 0.3 is 0 Å². The predicted molar refractivity (Wildman–Crippen MR) is 60.1 cm³/mol. The first-order valence-corrected chi connectivity index (χ1v) is 6.19. The molecule has 4 nitrogen and oxygen atoms in total. The molecule has 0 radical (unpaired) electrons. The normalized spacial score (nSPS) is 27.2. The molecule has 0 saturated heterocycles. The Kier molecular flexibility index (Phi) is 3.59. The van der Waals surface area contributed by atoms with E-state index in [0.29, 0.717) is 18.2 Å². The average molecular weight is 224 g/mol. The lowest BCUT2D eigenvalue weighted by Gasteiger charge is -2.04. The van der Waals surface area contributed by atoms with E-state index in [9.17, 15) is 5.11 Å². The minimum Gasteiger partial charge on any atom is -0.393 e. The second-order valence-electron chi connectivity index (χ2n) is 4.88. The molecule has 1 aliphatic rings. The molecule has 0 aromatic carbocycles. The van der Waals surface area contributed by atoms with E-state index in [1.807, 2.05) is 0 Å². The molecule has 1 aliphatic carbocycles. The van der Waals surface area contributed by atoms with Gasteiger partial charge in [-0.1, -0.05) is 18.5 Å². The summed E-state index contributed by atoms with van der Waals surface area (Å²) in [4.78, 5) is 4.36. The highest BCUT2D eigenvalue weighted by atomic mass is 16.5. The third-order valence-corrected chi connectivity index (χ3v) is 3.44. The van der Waals surface area contributed by atoms with Crippen LogP contribution in [0.15, 0.2) is 4.52 Å². The number of hydrogen-bond acceptors (Lipinski definition) is 4. The average Bonchev–Trinajstić information content (AvgIpc) is 2.83. The maximum Gasteiger partial charge on any atom is 0.229 e. The molecular weight excluding hydrogens is 204 g/mol. The standard InChI is InChI=1S/C12H20N2O2/c1-3-9-4-5-10(7-9)12-13-11(16-14-12)6-8(2)15/h8-10,15H,3-7H2,1-2H3. The second-order valence-corrected chi connectivity index (χ2v) is 4.88.